The van der Waals surface area contributed by atoms with Crippen LogP contribution in [-0.2, 0) is 10.8 Å². The molecule has 0 saturated heterocycles. The van der Waals surface area contributed by atoms with E-state index in [0.29, 0.717) is 0 Å². The van der Waals surface area contributed by atoms with Gasteiger partial charge in [-0.15, -0.1) is 0 Å². The van der Waals surface area contributed by atoms with Crippen LogP contribution in [0, 0.1) is 27.7 Å². The lowest BCUT2D eigenvalue weighted by atomic mass is 9.67. The van der Waals surface area contributed by atoms with Crippen molar-refractivity contribution in [2.75, 3.05) is 9.80 Å². The lowest BCUT2D eigenvalue weighted by Crippen LogP contribution is -2.28. The topological polar surface area (TPSA) is 6.48 Å². The quantitative estimate of drug-likeness (QED) is 0.114. The highest BCUT2D eigenvalue weighted by Crippen LogP contribution is 2.59. The lowest BCUT2D eigenvalue weighted by Gasteiger charge is -2.34. The Morgan fingerprint density at radius 3 is 0.815 bits per heavy atom. The molecule has 0 N–H and O–H groups in total. The number of hydrogen-bond acceptors (Lipinski definition) is 2. The Kier molecular flexibility index (Phi) is 13.9. The van der Waals surface area contributed by atoms with Gasteiger partial charge in [-0.05, 0) is 223 Å². The molecule has 2 aliphatic rings. The molecule has 0 aromatic heterocycles. The second kappa shape index (κ2) is 22.9. The van der Waals surface area contributed by atoms with Crippen molar-refractivity contribution in [1.82, 2.24) is 0 Å². The average molecular weight is 1180 g/mol. The van der Waals surface area contributed by atoms with Gasteiger partial charge in [-0.25, -0.2) is 0 Å². The largest absolute Gasteiger partial charge is 0.310 e. The summed E-state index contributed by atoms with van der Waals surface area (Å²) in [5.41, 5.74) is 33.2. The van der Waals surface area contributed by atoms with Gasteiger partial charge in [0.2, 0.25) is 0 Å². The van der Waals surface area contributed by atoms with E-state index >= 15 is 0 Å². The standard InChI is InChI=1S/C90H68N2/c1-61-25-17-23-39-85(61)91(75-49-41-65(42-50-75)69-45-53-79-77-35-19-21-37-81(77)89(83(79)59-69,71-27-9-5-10-28-71)72-29-11-6-12-30-72)87-55-47-67(57-63(87)3)68-48-56-88(64(4)58-68)92(86-40-24-18-26-62(86)2)76-51-43-66(44-52-76)70-46-54-80-78-36-20-22-38-82(78)90(84(80)60-70,73-31-13-7-14-32-73)74-33-15-8-16-34-74/h5-60H,1-4H3. The molecular weight excluding hydrogens is 1110 g/mol. The van der Waals surface area contributed by atoms with Crippen molar-refractivity contribution in [3.8, 4) is 55.6 Å². The first-order valence-electron chi connectivity index (χ1n) is 32.1. The molecule has 0 radical (unpaired) electrons. The van der Waals surface area contributed by atoms with Crippen LogP contribution in [0.1, 0.15) is 66.8 Å². The van der Waals surface area contributed by atoms with E-state index in [0.717, 1.165) is 34.1 Å². The van der Waals surface area contributed by atoms with Crippen molar-refractivity contribution in [2.45, 2.75) is 38.5 Å². The van der Waals surface area contributed by atoms with E-state index in [1.54, 1.807) is 0 Å². The Bertz CT molecular complexity index is 4670. The summed E-state index contributed by atoms with van der Waals surface area (Å²) in [7, 11) is 0. The van der Waals surface area contributed by atoms with Gasteiger partial charge in [0.05, 0.1) is 10.8 Å². The Balaban J connectivity index is 0.721. The third-order valence-corrected chi connectivity index (χ3v) is 19.8. The van der Waals surface area contributed by atoms with E-state index in [1.807, 2.05) is 0 Å². The highest BCUT2D eigenvalue weighted by atomic mass is 15.2. The first-order valence-corrected chi connectivity index (χ1v) is 32.1. The van der Waals surface area contributed by atoms with Crippen LogP contribution in [0.2, 0.25) is 0 Å². The fourth-order valence-electron chi connectivity index (χ4n) is 15.5. The smallest absolute Gasteiger partial charge is 0.0713 e. The Hall–Kier alpha value is -11.3. The lowest BCUT2D eigenvalue weighted by molar-refractivity contribution is 0.769. The molecule has 14 aromatic carbocycles. The predicted octanol–water partition coefficient (Wildman–Crippen LogP) is 23.6. The molecule has 0 amide bonds. The summed E-state index contributed by atoms with van der Waals surface area (Å²) in [6, 6.07) is 126. The number of anilines is 6. The van der Waals surface area contributed by atoms with Gasteiger partial charge in [-0.2, -0.15) is 0 Å². The molecule has 14 aromatic rings. The molecule has 0 aliphatic heterocycles. The average Bonchev–Trinajstić information content (AvgIpc) is 1.54. The minimum absolute atomic E-state index is 0.464. The van der Waals surface area contributed by atoms with Gasteiger partial charge in [-0.3, -0.25) is 0 Å². The molecule has 2 nitrogen and oxygen atoms in total. The number of para-hydroxylation sites is 2. The Morgan fingerprint density at radius 1 is 0.196 bits per heavy atom. The van der Waals surface area contributed by atoms with E-state index in [-0.39, 0.29) is 0 Å². The zero-order valence-electron chi connectivity index (χ0n) is 52.2. The van der Waals surface area contributed by atoms with Gasteiger partial charge in [0, 0.05) is 34.1 Å². The predicted molar refractivity (Wildman–Crippen MR) is 386 cm³/mol. The van der Waals surface area contributed by atoms with Crippen molar-refractivity contribution in [2.24, 2.45) is 0 Å². The van der Waals surface area contributed by atoms with Crippen LogP contribution in [-0.4, -0.2) is 0 Å². The van der Waals surface area contributed by atoms with Crippen LogP contribution in [0.3, 0.4) is 0 Å². The fourth-order valence-corrected chi connectivity index (χ4v) is 15.5. The van der Waals surface area contributed by atoms with Crippen molar-refractivity contribution in [3.05, 3.63) is 406 Å². The summed E-state index contributed by atoms with van der Waals surface area (Å²) >= 11 is 0. The number of aryl methyl sites for hydroxylation is 4. The van der Waals surface area contributed by atoms with E-state index in [9.17, 15) is 0 Å². The number of nitrogens with zero attached hydrogens (tertiary/aromatic N) is 2. The van der Waals surface area contributed by atoms with E-state index < -0.39 is 10.8 Å². The molecule has 0 spiro atoms. The van der Waals surface area contributed by atoms with Crippen LogP contribution in [0.15, 0.2) is 340 Å². The maximum atomic E-state index is 2.45. The molecule has 0 atom stereocenters. The minimum Gasteiger partial charge on any atom is -0.310 e. The number of fused-ring (bicyclic) bond motifs is 6. The van der Waals surface area contributed by atoms with Crippen LogP contribution in [0.5, 0.6) is 0 Å². The summed E-state index contributed by atoms with van der Waals surface area (Å²) in [5, 5.41) is 0. The normalized spacial score (nSPS) is 13.0. The Morgan fingerprint density at radius 2 is 0.467 bits per heavy atom. The number of rotatable bonds is 13. The molecule has 0 bridgehead atoms. The van der Waals surface area contributed by atoms with Crippen molar-refractivity contribution < 1.29 is 0 Å². The summed E-state index contributed by atoms with van der Waals surface area (Å²) in [5.74, 6) is 0. The molecular formula is C90H68N2. The van der Waals surface area contributed by atoms with Crippen molar-refractivity contribution in [1.29, 1.82) is 0 Å². The minimum atomic E-state index is -0.464. The van der Waals surface area contributed by atoms with Gasteiger partial charge >= 0.3 is 0 Å². The first kappa shape index (κ1) is 56.0. The van der Waals surface area contributed by atoms with Gasteiger partial charge in [0.1, 0.15) is 0 Å². The van der Waals surface area contributed by atoms with E-state index in [4.69, 9.17) is 0 Å². The molecule has 16 rings (SSSR count). The van der Waals surface area contributed by atoms with Crippen LogP contribution < -0.4 is 9.80 Å². The third-order valence-electron chi connectivity index (χ3n) is 19.8. The highest BCUT2D eigenvalue weighted by molar-refractivity contribution is 5.92. The molecule has 92 heavy (non-hydrogen) atoms. The van der Waals surface area contributed by atoms with E-state index in [1.165, 1.54) is 122 Å². The van der Waals surface area contributed by atoms with Gasteiger partial charge in [-0.1, -0.05) is 267 Å². The summed E-state index contributed by atoms with van der Waals surface area (Å²) in [4.78, 5) is 4.86. The van der Waals surface area contributed by atoms with Gasteiger partial charge in [0.15, 0.2) is 0 Å². The van der Waals surface area contributed by atoms with Crippen LogP contribution >= 0.6 is 0 Å². The monoisotopic (exact) mass is 1180 g/mol. The van der Waals surface area contributed by atoms with Crippen molar-refractivity contribution >= 4 is 34.1 Å². The van der Waals surface area contributed by atoms with Crippen LogP contribution in [0.4, 0.5) is 34.1 Å². The van der Waals surface area contributed by atoms with Crippen LogP contribution in [0.25, 0.3) is 55.6 Å². The van der Waals surface area contributed by atoms with Crippen molar-refractivity contribution in [3.63, 3.8) is 0 Å². The Labute approximate surface area is 541 Å². The summed E-state index contributed by atoms with van der Waals surface area (Å²) in [6.07, 6.45) is 0. The van der Waals surface area contributed by atoms with Gasteiger partial charge in [0.25, 0.3) is 0 Å². The highest BCUT2D eigenvalue weighted by Gasteiger charge is 2.47. The molecule has 2 aliphatic carbocycles. The molecule has 0 fully saturated rings. The molecule has 0 heterocycles. The molecule has 0 unspecified atom stereocenters. The second-order valence-corrected chi connectivity index (χ2v) is 24.9. The summed E-state index contributed by atoms with van der Waals surface area (Å²) in [6.45, 7) is 8.93. The number of benzene rings is 14. The zero-order valence-corrected chi connectivity index (χ0v) is 52.2. The first-order chi connectivity index (χ1) is 45.3. The second-order valence-electron chi connectivity index (χ2n) is 24.9. The molecule has 438 valence electrons. The molecule has 0 saturated carbocycles. The zero-order chi connectivity index (χ0) is 61.9. The summed E-state index contributed by atoms with van der Waals surface area (Å²) < 4.78 is 0. The molecule has 2 heteroatoms. The SMILES string of the molecule is Cc1ccccc1N(c1ccc(-c2ccc3c(c2)C(c2ccccc2)(c2ccccc2)c2ccccc2-3)cc1)c1ccc(-c2ccc(N(c3ccc(-c4ccc5c(c4)C(c4ccccc4)(c4ccccc4)c4ccccc4-5)cc3)c3ccccc3C)c(C)c2)cc1C. The maximum Gasteiger partial charge on any atom is 0.0713 e. The fraction of sp³-hybridized carbons (Fsp3) is 0.0667. The number of hydrogen-bond donors (Lipinski definition) is 0. The van der Waals surface area contributed by atoms with E-state index in [2.05, 4.69) is 377 Å². The van der Waals surface area contributed by atoms with Gasteiger partial charge < -0.3 is 9.80 Å². The third kappa shape index (κ3) is 9.08. The maximum absolute atomic E-state index is 2.45.